The lowest BCUT2D eigenvalue weighted by molar-refractivity contribution is -0.138. The second-order valence-electron chi connectivity index (χ2n) is 3.99. The minimum absolute atomic E-state index is 0.318. The monoisotopic (exact) mass is 231 g/mol. The largest absolute Gasteiger partial charge is 0.342 e. The Balaban J connectivity index is 2.24. The number of H-pyrrole nitrogens is 1. The van der Waals surface area contributed by atoms with E-state index in [1.807, 2.05) is 25.1 Å². The zero-order valence-corrected chi connectivity index (χ0v) is 9.73. The molecule has 17 heavy (non-hydrogen) atoms. The normalized spacial score (nSPS) is 10.5. The van der Waals surface area contributed by atoms with E-state index in [2.05, 4.69) is 9.97 Å². The summed E-state index contributed by atoms with van der Waals surface area (Å²) in [5.41, 5.74) is 2.79. The van der Waals surface area contributed by atoms with Crippen molar-refractivity contribution in [3.05, 3.63) is 29.6 Å². The lowest BCUT2D eigenvalue weighted by Crippen LogP contribution is -2.26. The number of likely N-dealkylation sites (N-methyl/N-ethyl adjacent to an activating group) is 1. The second-order valence-corrected chi connectivity index (χ2v) is 3.99. The van der Waals surface area contributed by atoms with Gasteiger partial charge in [0.2, 0.25) is 6.29 Å². The molecule has 2 aromatic rings. The molecular formula is C12H13N3O2. The molecule has 1 aromatic heterocycles. The number of rotatable bonds is 3. The van der Waals surface area contributed by atoms with Crippen LogP contribution in [0.15, 0.2) is 18.2 Å². The van der Waals surface area contributed by atoms with Crippen molar-refractivity contribution in [3.63, 3.8) is 0 Å². The van der Waals surface area contributed by atoms with Crippen LogP contribution in [0, 0.1) is 6.92 Å². The molecule has 0 atom stereocenters. The van der Waals surface area contributed by atoms with Gasteiger partial charge in [-0.25, -0.2) is 4.98 Å². The maximum Gasteiger partial charge on any atom is 0.286 e. The molecule has 0 radical (unpaired) electrons. The van der Waals surface area contributed by atoms with E-state index < -0.39 is 5.91 Å². The standard InChI is InChI=1S/C12H13N3O2/c1-8-13-10-4-3-9(5-11(10)14-8)6-15(2)12(17)7-16/h3-5,7H,6H2,1-2H3,(H,13,14). The molecule has 0 saturated carbocycles. The molecule has 0 spiro atoms. The van der Waals surface area contributed by atoms with Gasteiger partial charge in [0.15, 0.2) is 0 Å². The Bertz CT molecular complexity index is 574. The van der Waals surface area contributed by atoms with Crippen molar-refractivity contribution >= 4 is 23.2 Å². The van der Waals surface area contributed by atoms with Gasteiger partial charge >= 0.3 is 0 Å². The summed E-state index contributed by atoms with van der Waals surface area (Å²) < 4.78 is 0. The third kappa shape index (κ3) is 2.33. The molecule has 0 bridgehead atoms. The number of benzene rings is 1. The quantitative estimate of drug-likeness (QED) is 0.633. The minimum atomic E-state index is -0.522. The fraction of sp³-hybridized carbons (Fsp3) is 0.250. The van der Waals surface area contributed by atoms with E-state index in [-0.39, 0.29) is 0 Å². The first kappa shape index (κ1) is 11.3. The predicted molar refractivity (Wildman–Crippen MR) is 63.4 cm³/mol. The number of aryl methyl sites for hydroxylation is 1. The van der Waals surface area contributed by atoms with Gasteiger partial charge in [-0.15, -0.1) is 0 Å². The molecule has 0 aliphatic carbocycles. The highest BCUT2D eigenvalue weighted by atomic mass is 16.2. The Kier molecular flexibility index (Phi) is 2.91. The molecule has 0 aliphatic heterocycles. The fourth-order valence-corrected chi connectivity index (χ4v) is 1.72. The second kappa shape index (κ2) is 4.37. The molecule has 0 aliphatic rings. The first-order valence-electron chi connectivity index (χ1n) is 5.25. The van der Waals surface area contributed by atoms with Gasteiger partial charge in [-0.1, -0.05) is 6.07 Å². The summed E-state index contributed by atoms with van der Waals surface area (Å²) in [4.78, 5) is 30.3. The van der Waals surface area contributed by atoms with Gasteiger partial charge in [0, 0.05) is 13.6 Å². The number of imidazole rings is 1. The summed E-state index contributed by atoms with van der Waals surface area (Å²) >= 11 is 0. The molecule has 1 heterocycles. The van der Waals surface area contributed by atoms with Crippen molar-refractivity contribution in [1.29, 1.82) is 0 Å². The van der Waals surface area contributed by atoms with Crippen LogP contribution in [0.3, 0.4) is 0 Å². The third-order valence-corrected chi connectivity index (χ3v) is 2.56. The summed E-state index contributed by atoms with van der Waals surface area (Å²) in [6, 6.07) is 5.73. The Morgan fingerprint density at radius 1 is 1.53 bits per heavy atom. The van der Waals surface area contributed by atoms with Crippen LogP contribution < -0.4 is 0 Å². The number of nitrogens with one attached hydrogen (secondary N) is 1. The molecule has 88 valence electrons. The van der Waals surface area contributed by atoms with Gasteiger partial charge in [0.25, 0.3) is 5.91 Å². The van der Waals surface area contributed by atoms with E-state index in [0.29, 0.717) is 12.8 Å². The van der Waals surface area contributed by atoms with Gasteiger partial charge in [-0.05, 0) is 24.6 Å². The van der Waals surface area contributed by atoms with Crippen LogP contribution in [0.25, 0.3) is 11.0 Å². The summed E-state index contributed by atoms with van der Waals surface area (Å²) in [5.74, 6) is 0.334. The van der Waals surface area contributed by atoms with Gasteiger partial charge in [0.05, 0.1) is 11.0 Å². The van der Waals surface area contributed by atoms with Gasteiger partial charge < -0.3 is 9.88 Å². The first-order chi connectivity index (χ1) is 8.10. The van der Waals surface area contributed by atoms with Gasteiger partial charge in [0.1, 0.15) is 5.82 Å². The topological polar surface area (TPSA) is 66.1 Å². The van der Waals surface area contributed by atoms with Crippen molar-refractivity contribution in [1.82, 2.24) is 14.9 Å². The van der Waals surface area contributed by atoms with E-state index in [0.717, 1.165) is 22.4 Å². The summed E-state index contributed by atoms with van der Waals surface area (Å²) in [6.07, 6.45) is 0.318. The number of aromatic nitrogens is 2. The molecule has 1 N–H and O–H groups in total. The maximum atomic E-state index is 11.1. The number of carbonyl (C=O) groups excluding carboxylic acids is 2. The molecule has 5 heteroatoms. The van der Waals surface area contributed by atoms with Crippen LogP contribution in [0.5, 0.6) is 0 Å². The Labute approximate surface area is 98.4 Å². The highest BCUT2D eigenvalue weighted by molar-refractivity contribution is 6.23. The molecule has 5 nitrogen and oxygen atoms in total. The lowest BCUT2D eigenvalue weighted by Gasteiger charge is -2.13. The van der Waals surface area contributed by atoms with Gasteiger partial charge in [-0.3, -0.25) is 9.59 Å². The summed E-state index contributed by atoms with van der Waals surface area (Å²) in [7, 11) is 1.60. The molecule has 2 rings (SSSR count). The van der Waals surface area contributed by atoms with Crippen LogP contribution >= 0.6 is 0 Å². The molecular weight excluding hydrogens is 218 g/mol. The highest BCUT2D eigenvalue weighted by Gasteiger charge is 2.08. The molecule has 0 fully saturated rings. The van der Waals surface area contributed by atoms with Crippen LogP contribution in [0.4, 0.5) is 0 Å². The lowest BCUT2D eigenvalue weighted by atomic mass is 10.2. The average molecular weight is 231 g/mol. The number of aldehydes is 1. The Morgan fingerprint density at radius 2 is 2.29 bits per heavy atom. The van der Waals surface area contributed by atoms with Crippen LogP contribution in [0.1, 0.15) is 11.4 Å². The minimum Gasteiger partial charge on any atom is -0.342 e. The van der Waals surface area contributed by atoms with Gasteiger partial charge in [-0.2, -0.15) is 0 Å². The van der Waals surface area contributed by atoms with Crippen molar-refractivity contribution in [2.24, 2.45) is 0 Å². The number of hydrogen-bond donors (Lipinski definition) is 1. The smallest absolute Gasteiger partial charge is 0.286 e. The Hall–Kier alpha value is -2.17. The van der Waals surface area contributed by atoms with Crippen molar-refractivity contribution in [3.8, 4) is 0 Å². The number of hydrogen-bond acceptors (Lipinski definition) is 3. The third-order valence-electron chi connectivity index (χ3n) is 2.56. The van der Waals surface area contributed by atoms with Crippen molar-refractivity contribution in [2.75, 3.05) is 7.05 Å². The van der Waals surface area contributed by atoms with E-state index in [4.69, 9.17) is 0 Å². The number of nitrogens with zero attached hydrogens (tertiary/aromatic N) is 2. The van der Waals surface area contributed by atoms with Crippen molar-refractivity contribution < 1.29 is 9.59 Å². The van der Waals surface area contributed by atoms with Crippen LogP contribution in [-0.2, 0) is 16.1 Å². The van der Waals surface area contributed by atoms with E-state index >= 15 is 0 Å². The summed E-state index contributed by atoms with van der Waals surface area (Å²) in [6.45, 7) is 2.30. The zero-order chi connectivity index (χ0) is 12.4. The molecule has 0 saturated heterocycles. The average Bonchev–Trinajstić information content (AvgIpc) is 2.67. The molecule has 1 amide bonds. The van der Waals surface area contributed by atoms with E-state index in [1.165, 1.54) is 4.90 Å². The van der Waals surface area contributed by atoms with Crippen molar-refractivity contribution in [2.45, 2.75) is 13.5 Å². The van der Waals surface area contributed by atoms with E-state index in [9.17, 15) is 9.59 Å². The van der Waals surface area contributed by atoms with E-state index in [1.54, 1.807) is 7.05 Å². The Morgan fingerprint density at radius 3 is 3.00 bits per heavy atom. The first-order valence-corrected chi connectivity index (χ1v) is 5.25. The maximum absolute atomic E-state index is 11.1. The number of amides is 1. The SMILES string of the molecule is Cc1nc2ccc(CN(C)C(=O)C=O)cc2[nH]1. The number of aromatic amines is 1. The summed E-state index contributed by atoms with van der Waals surface area (Å²) in [5, 5.41) is 0. The fourth-order valence-electron chi connectivity index (χ4n) is 1.72. The molecule has 0 unspecified atom stereocenters. The number of fused-ring (bicyclic) bond motifs is 1. The molecule has 1 aromatic carbocycles. The predicted octanol–water partition coefficient (Wildman–Crippen LogP) is 1.03. The zero-order valence-electron chi connectivity index (χ0n) is 9.73. The highest BCUT2D eigenvalue weighted by Crippen LogP contribution is 2.14. The van der Waals surface area contributed by atoms with Crippen LogP contribution in [-0.4, -0.2) is 34.1 Å². The van der Waals surface area contributed by atoms with Crippen LogP contribution in [0.2, 0.25) is 0 Å². The number of carbonyl (C=O) groups is 2.